The molecule has 1 N–H and O–H groups in total. The van der Waals surface area contributed by atoms with Crippen LogP contribution in [-0.2, 0) is 9.47 Å². The minimum atomic E-state index is 0.138. The number of ether oxygens (including phenoxy) is 2. The van der Waals surface area contributed by atoms with Crippen LogP contribution in [0.3, 0.4) is 0 Å². The van der Waals surface area contributed by atoms with E-state index in [4.69, 9.17) is 18.9 Å². The summed E-state index contributed by atoms with van der Waals surface area (Å²) in [6.07, 6.45) is 1.13. The van der Waals surface area contributed by atoms with Gasteiger partial charge in [0.1, 0.15) is 11.5 Å². The Morgan fingerprint density at radius 2 is 2.11 bits per heavy atom. The molecule has 2 unspecified atom stereocenters. The Morgan fingerprint density at radius 3 is 2.74 bits per heavy atom. The lowest BCUT2D eigenvalue weighted by Gasteiger charge is -2.33. The van der Waals surface area contributed by atoms with Gasteiger partial charge >= 0.3 is 0 Å². The summed E-state index contributed by atoms with van der Waals surface area (Å²) in [4.78, 5) is 9.61. The van der Waals surface area contributed by atoms with Crippen LogP contribution in [0.25, 0.3) is 0 Å². The summed E-state index contributed by atoms with van der Waals surface area (Å²) in [5.41, 5.74) is 0. The van der Waals surface area contributed by atoms with Gasteiger partial charge in [-0.1, -0.05) is 0 Å². The lowest BCUT2D eigenvalue weighted by atomic mass is 10.1. The molecule has 2 aliphatic heterocycles. The highest BCUT2D eigenvalue weighted by Gasteiger charge is 2.26. The van der Waals surface area contributed by atoms with E-state index in [1.165, 1.54) is 0 Å². The fourth-order valence-corrected chi connectivity index (χ4v) is 3.75. The molecule has 0 saturated carbocycles. The molecule has 7 heteroatoms. The predicted octanol–water partition coefficient (Wildman–Crippen LogP) is 1.90. The standard InChI is InChI=1S/C20H34N4O3/c1-4-21-20(23(3)14-17-7-10-26-15-17)22-13-18(19-6-5-16(2)27-19)24-8-11-25-12-9-24/h5-6,17-18H,4,7-15H2,1-3H3,(H,21,22). The Morgan fingerprint density at radius 1 is 1.30 bits per heavy atom. The Hall–Kier alpha value is -1.57. The number of nitrogens with one attached hydrogen (secondary N) is 1. The topological polar surface area (TPSA) is 62.5 Å². The third-order valence-electron chi connectivity index (χ3n) is 5.24. The second-order valence-electron chi connectivity index (χ2n) is 7.42. The summed E-state index contributed by atoms with van der Waals surface area (Å²) in [5.74, 6) is 3.46. The molecular weight excluding hydrogens is 344 g/mol. The Kier molecular flexibility index (Phi) is 7.55. The second kappa shape index (κ2) is 10.1. The summed E-state index contributed by atoms with van der Waals surface area (Å²) in [5, 5.41) is 3.43. The van der Waals surface area contributed by atoms with Crippen molar-refractivity contribution in [1.82, 2.24) is 15.1 Å². The molecule has 2 fully saturated rings. The van der Waals surface area contributed by atoms with Crippen molar-refractivity contribution in [3.63, 3.8) is 0 Å². The van der Waals surface area contributed by atoms with Crippen molar-refractivity contribution in [2.45, 2.75) is 26.3 Å². The summed E-state index contributed by atoms with van der Waals surface area (Å²) >= 11 is 0. The highest BCUT2D eigenvalue weighted by Crippen LogP contribution is 2.24. The van der Waals surface area contributed by atoms with Gasteiger partial charge in [0.05, 0.1) is 32.4 Å². The zero-order chi connectivity index (χ0) is 19.1. The second-order valence-corrected chi connectivity index (χ2v) is 7.42. The normalized spacial score (nSPS) is 22.8. The van der Waals surface area contributed by atoms with Crippen LogP contribution in [0.15, 0.2) is 21.5 Å². The lowest BCUT2D eigenvalue weighted by molar-refractivity contribution is 0.0135. The highest BCUT2D eigenvalue weighted by molar-refractivity contribution is 5.79. The van der Waals surface area contributed by atoms with Crippen molar-refractivity contribution in [3.8, 4) is 0 Å². The van der Waals surface area contributed by atoms with Gasteiger partial charge in [-0.05, 0) is 32.4 Å². The highest BCUT2D eigenvalue weighted by atomic mass is 16.5. The van der Waals surface area contributed by atoms with Crippen molar-refractivity contribution in [1.29, 1.82) is 0 Å². The number of hydrogen-bond acceptors (Lipinski definition) is 5. The van der Waals surface area contributed by atoms with E-state index in [1.807, 2.05) is 13.0 Å². The fourth-order valence-electron chi connectivity index (χ4n) is 3.75. The quantitative estimate of drug-likeness (QED) is 0.578. The first-order valence-electron chi connectivity index (χ1n) is 10.1. The molecule has 0 amide bonds. The number of nitrogens with zero attached hydrogens (tertiary/aromatic N) is 3. The molecule has 0 aliphatic carbocycles. The third-order valence-corrected chi connectivity index (χ3v) is 5.24. The Balaban J connectivity index is 1.70. The molecule has 7 nitrogen and oxygen atoms in total. The molecule has 0 radical (unpaired) electrons. The summed E-state index contributed by atoms with van der Waals surface area (Å²) in [6, 6.07) is 4.25. The van der Waals surface area contributed by atoms with Gasteiger partial charge in [-0.3, -0.25) is 9.89 Å². The van der Waals surface area contributed by atoms with Gasteiger partial charge in [0.2, 0.25) is 0 Å². The van der Waals surface area contributed by atoms with E-state index in [9.17, 15) is 0 Å². The Labute approximate surface area is 162 Å². The van der Waals surface area contributed by atoms with Crippen molar-refractivity contribution in [3.05, 3.63) is 23.7 Å². The minimum absolute atomic E-state index is 0.138. The summed E-state index contributed by atoms with van der Waals surface area (Å²) < 4.78 is 17.0. The van der Waals surface area contributed by atoms with E-state index >= 15 is 0 Å². The number of aliphatic imine (C=N–C) groups is 1. The molecule has 27 heavy (non-hydrogen) atoms. The van der Waals surface area contributed by atoms with Crippen LogP contribution in [0, 0.1) is 12.8 Å². The number of aryl methyl sites for hydroxylation is 1. The minimum Gasteiger partial charge on any atom is -0.465 e. The number of hydrogen-bond donors (Lipinski definition) is 1. The van der Waals surface area contributed by atoms with Crippen LogP contribution < -0.4 is 5.32 Å². The number of morpholine rings is 1. The summed E-state index contributed by atoms with van der Waals surface area (Å²) in [6.45, 7) is 11.7. The zero-order valence-corrected chi connectivity index (χ0v) is 16.9. The van der Waals surface area contributed by atoms with Gasteiger partial charge in [-0.15, -0.1) is 0 Å². The zero-order valence-electron chi connectivity index (χ0n) is 16.9. The van der Waals surface area contributed by atoms with Crippen LogP contribution in [-0.4, -0.2) is 82.0 Å². The monoisotopic (exact) mass is 378 g/mol. The maximum atomic E-state index is 5.96. The molecule has 3 rings (SSSR count). The van der Waals surface area contributed by atoms with E-state index < -0.39 is 0 Å². The fraction of sp³-hybridized carbons (Fsp3) is 0.750. The number of furan rings is 1. The first-order chi connectivity index (χ1) is 13.2. The van der Waals surface area contributed by atoms with Gasteiger partial charge in [-0.25, -0.2) is 0 Å². The van der Waals surface area contributed by atoms with Gasteiger partial charge in [0.15, 0.2) is 5.96 Å². The largest absolute Gasteiger partial charge is 0.465 e. The SMILES string of the molecule is CCNC(=NCC(c1ccc(C)o1)N1CCOCC1)N(C)CC1CCOC1. The molecule has 2 atom stereocenters. The average molecular weight is 379 g/mol. The summed E-state index contributed by atoms with van der Waals surface area (Å²) in [7, 11) is 2.11. The van der Waals surface area contributed by atoms with E-state index in [1.54, 1.807) is 0 Å². The van der Waals surface area contributed by atoms with Crippen molar-refractivity contribution in [2.75, 3.05) is 66.2 Å². The van der Waals surface area contributed by atoms with E-state index in [2.05, 4.69) is 35.2 Å². The smallest absolute Gasteiger partial charge is 0.193 e. The predicted molar refractivity (Wildman–Crippen MR) is 106 cm³/mol. The molecule has 2 saturated heterocycles. The number of guanidine groups is 1. The molecule has 0 aromatic carbocycles. The Bertz CT molecular complexity index is 592. The molecule has 152 valence electrons. The molecule has 2 aliphatic rings. The molecule has 0 bridgehead atoms. The molecular formula is C20H34N4O3. The van der Waals surface area contributed by atoms with E-state index in [-0.39, 0.29) is 6.04 Å². The van der Waals surface area contributed by atoms with E-state index in [0.717, 1.165) is 76.5 Å². The third kappa shape index (κ3) is 5.70. The van der Waals surface area contributed by atoms with Gasteiger partial charge < -0.3 is 24.1 Å². The molecule has 1 aromatic rings. The first kappa shape index (κ1) is 20.2. The number of rotatable bonds is 7. The lowest BCUT2D eigenvalue weighted by Crippen LogP contribution is -2.43. The van der Waals surface area contributed by atoms with Crippen LogP contribution >= 0.6 is 0 Å². The van der Waals surface area contributed by atoms with Crippen molar-refractivity contribution < 1.29 is 13.9 Å². The van der Waals surface area contributed by atoms with Crippen LogP contribution in [0.2, 0.25) is 0 Å². The molecule has 1 aromatic heterocycles. The molecule has 0 spiro atoms. The molecule has 3 heterocycles. The maximum absolute atomic E-state index is 5.96. The van der Waals surface area contributed by atoms with Crippen molar-refractivity contribution >= 4 is 5.96 Å². The van der Waals surface area contributed by atoms with Gasteiger partial charge in [0, 0.05) is 45.8 Å². The van der Waals surface area contributed by atoms with Crippen LogP contribution in [0.4, 0.5) is 0 Å². The average Bonchev–Trinajstić information content (AvgIpc) is 3.34. The van der Waals surface area contributed by atoms with Gasteiger partial charge in [0.25, 0.3) is 0 Å². The van der Waals surface area contributed by atoms with Gasteiger partial charge in [-0.2, -0.15) is 0 Å². The van der Waals surface area contributed by atoms with Crippen molar-refractivity contribution in [2.24, 2.45) is 10.9 Å². The van der Waals surface area contributed by atoms with Crippen LogP contribution in [0.5, 0.6) is 0 Å². The van der Waals surface area contributed by atoms with E-state index in [0.29, 0.717) is 12.5 Å². The first-order valence-corrected chi connectivity index (χ1v) is 10.1. The van der Waals surface area contributed by atoms with Crippen LogP contribution in [0.1, 0.15) is 30.9 Å². The maximum Gasteiger partial charge on any atom is 0.193 e.